The Balaban J connectivity index is 1.86. The van der Waals surface area contributed by atoms with E-state index in [9.17, 15) is 19.1 Å². The molecule has 0 aliphatic carbocycles. The molecular weight excluding hydrogens is 449 g/mol. The number of anilines is 1. The number of carbonyl (C=O) groups excluding carboxylic acids is 2. The average molecular weight is 476 g/mol. The first-order valence-electron chi connectivity index (χ1n) is 11.3. The molecular formula is C28H26FNO5. The number of ether oxygens (including phenoxy) is 2. The van der Waals surface area contributed by atoms with Gasteiger partial charge in [0.15, 0.2) is 0 Å². The van der Waals surface area contributed by atoms with Gasteiger partial charge < -0.3 is 14.6 Å². The first-order valence-corrected chi connectivity index (χ1v) is 11.3. The minimum absolute atomic E-state index is 0.0703. The summed E-state index contributed by atoms with van der Waals surface area (Å²) in [5, 5.41) is 11.3. The lowest BCUT2D eigenvalue weighted by atomic mass is 9.94. The largest absolute Gasteiger partial charge is 0.507 e. The molecule has 1 amide bonds. The second-order valence-electron chi connectivity index (χ2n) is 8.25. The molecule has 0 aromatic heterocycles. The van der Waals surface area contributed by atoms with Crippen molar-refractivity contribution in [2.24, 2.45) is 0 Å². The number of hydrogen-bond acceptors (Lipinski definition) is 5. The van der Waals surface area contributed by atoms with Gasteiger partial charge in [-0.2, -0.15) is 0 Å². The van der Waals surface area contributed by atoms with E-state index in [0.717, 1.165) is 12.0 Å². The molecule has 1 N–H and O–H groups in total. The minimum atomic E-state index is -0.944. The third-order valence-electron chi connectivity index (χ3n) is 5.89. The standard InChI is InChI=1S/C28H26FNO5/c1-4-15-35-23-14-7-19(16-17(23)2)26(31)24-25(18-5-8-20(29)9-6-18)30(28(33)27(24)32)21-10-12-22(34-3)13-11-21/h5-14,16,25,31H,4,15H2,1-3H3/b26-24-. The van der Waals surface area contributed by atoms with E-state index in [2.05, 4.69) is 0 Å². The van der Waals surface area contributed by atoms with E-state index in [1.54, 1.807) is 42.5 Å². The van der Waals surface area contributed by atoms with Crippen molar-refractivity contribution in [3.8, 4) is 11.5 Å². The molecule has 1 fully saturated rings. The fourth-order valence-corrected chi connectivity index (χ4v) is 4.13. The van der Waals surface area contributed by atoms with Crippen molar-refractivity contribution in [2.45, 2.75) is 26.3 Å². The Bertz CT molecular complexity index is 1280. The summed E-state index contributed by atoms with van der Waals surface area (Å²) in [4.78, 5) is 27.8. The van der Waals surface area contributed by atoms with Gasteiger partial charge in [-0.05, 0) is 79.1 Å². The predicted octanol–water partition coefficient (Wildman–Crippen LogP) is 5.56. The van der Waals surface area contributed by atoms with Crippen LogP contribution in [0.1, 0.15) is 36.1 Å². The molecule has 1 atom stereocenters. The molecule has 1 aliphatic heterocycles. The third-order valence-corrected chi connectivity index (χ3v) is 5.89. The molecule has 0 saturated carbocycles. The molecule has 3 aromatic rings. The molecule has 0 radical (unpaired) electrons. The zero-order valence-electron chi connectivity index (χ0n) is 19.7. The lowest BCUT2D eigenvalue weighted by Crippen LogP contribution is -2.29. The molecule has 4 rings (SSSR count). The summed E-state index contributed by atoms with van der Waals surface area (Å²) in [7, 11) is 1.53. The normalized spacial score (nSPS) is 17.0. The fraction of sp³-hybridized carbons (Fsp3) is 0.214. The van der Waals surface area contributed by atoms with Crippen molar-refractivity contribution in [3.05, 3.63) is 94.8 Å². The van der Waals surface area contributed by atoms with Crippen LogP contribution in [0.15, 0.2) is 72.3 Å². The van der Waals surface area contributed by atoms with Gasteiger partial charge in [-0.1, -0.05) is 19.1 Å². The number of hydrogen-bond donors (Lipinski definition) is 1. The number of aryl methyl sites for hydroxylation is 1. The molecule has 1 unspecified atom stereocenters. The molecule has 7 heteroatoms. The number of benzene rings is 3. The zero-order chi connectivity index (χ0) is 25.1. The topological polar surface area (TPSA) is 76.1 Å². The second kappa shape index (κ2) is 10.0. The summed E-state index contributed by atoms with van der Waals surface area (Å²) >= 11 is 0. The molecule has 35 heavy (non-hydrogen) atoms. The number of ketones is 1. The fourth-order valence-electron chi connectivity index (χ4n) is 4.13. The van der Waals surface area contributed by atoms with Crippen LogP contribution in [0.2, 0.25) is 0 Å². The van der Waals surface area contributed by atoms with E-state index in [1.165, 1.54) is 36.3 Å². The smallest absolute Gasteiger partial charge is 0.300 e. The van der Waals surface area contributed by atoms with Crippen LogP contribution in [-0.2, 0) is 9.59 Å². The van der Waals surface area contributed by atoms with Crippen molar-refractivity contribution >= 4 is 23.1 Å². The first kappa shape index (κ1) is 24.0. The molecule has 3 aromatic carbocycles. The summed E-state index contributed by atoms with van der Waals surface area (Å²) in [5.41, 5.74) is 2.03. The van der Waals surface area contributed by atoms with Gasteiger partial charge in [0.05, 0.1) is 25.3 Å². The third kappa shape index (κ3) is 4.62. The molecule has 0 spiro atoms. The maximum atomic E-state index is 13.7. The molecule has 180 valence electrons. The lowest BCUT2D eigenvalue weighted by molar-refractivity contribution is -0.132. The second-order valence-corrected chi connectivity index (χ2v) is 8.25. The Kier molecular flexibility index (Phi) is 6.87. The molecule has 0 bridgehead atoms. The molecule has 6 nitrogen and oxygen atoms in total. The first-order chi connectivity index (χ1) is 16.8. The van der Waals surface area contributed by atoms with Crippen LogP contribution in [0.5, 0.6) is 11.5 Å². The van der Waals surface area contributed by atoms with Gasteiger partial charge in [-0.15, -0.1) is 0 Å². The summed E-state index contributed by atoms with van der Waals surface area (Å²) < 4.78 is 24.6. The highest BCUT2D eigenvalue weighted by Gasteiger charge is 2.47. The van der Waals surface area contributed by atoms with Gasteiger partial charge >= 0.3 is 0 Å². The van der Waals surface area contributed by atoms with Crippen LogP contribution < -0.4 is 14.4 Å². The van der Waals surface area contributed by atoms with Gasteiger partial charge in [-0.3, -0.25) is 14.5 Å². The van der Waals surface area contributed by atoms with E-state index in [4.69, 9.17) is 9.47 Å². The SMILES string of the molecule is CCCOc1ccc(/C(O)=C2/C(=O)C(=O)N(c3ccc(OC)cc3)C2c2ccc(F)cc2)cc1C. The van der Waals surface area contributed by atoms with Crippen LogP contribution in [0, 0.1) is 12.7 Å². The molecule has 1 saturated heterocycles. The van der Waals surface area contributed by atoms with Gasteiger partial charge in [0.2, 0.25) is 0 Å². The highest BCUT2D eigenvalue weighted by molar-refractivity contribution is 6.51. The van der Waals surface area contributed by atoms with E-state index < -0.39 is 23.5 Å². The van der Waals surface area contributed by atoms with Crippen LogP contribution in [0.4, 0.5) is 10.1 Å². The monoisotopic (exact) mass is 475 g/mol. The van der Waals surface area contributed by atoms with Crippen LogP contribution >= 0.6 is 0 Å². The number of aliphatic hydroxyl groups is 1. The maximum Gasteiger partial charge on any atom is 0.300 e. The summed E-state index contributed by atoms with van der Waals surface area (Å²) in [6.45, 7) is 4.41. The Morgan fingerprint density at radius 3 is 2.31 bits per heavy atom. The van der Waals surface area contributed by atoms with Crippen molar-refractivity contribution in [3.63, 3.8) is 0 Å². The van der Waals surface area contributed by atoms with E-state index in [0.29, 0.717) is 34.9 Å². The van der Waals surface area contributed by atoms with Crippen LogP contribution in [-0.4, -0.2) is 30.5 Å². The Hall–Kier alpha value is -4.13. The van der Waals surface area contributed by atoms with Crippen molar-refractivity contribution in [1.29, 1.82) is 0 Å². The maximum absolute atomic E-state index is 13.7. The number of carbonyl (C=O) groups is 2. The van der Waals surface area contributed by atoms with Gasteiger partial charge in [0.1, 0.15) is 23.1 Å². The number of amides is 1. The highest BCUT2D eigenvalue weighted by atomic mass is 19.1. The van der Waals surface area contributed by atoms with E-state index >= 15 is 0 Å². The van der Waals surface area contributed by atoms with Gasteiger partial charge in [-0.25, -0.2) is 4.39 Å². The van der Waals surface area contributed by atoms with E-state index in [1.807, 2.05) is 13.8 Å². The Morgan fingerprint density at radius 1 is 1.03 bits per heavy atom. The van der Waals surface area contributed by atoms with Crippen LogP contribution in [0.3, 0.4) is 0 Å². The number of nitrogens with zero attached hydrogens (tertiary/aromatic N) is 1. The van der Waals surface area contributed by atoms with Gasteiger partial charge in [0, 0.05) is 11.3 Å². The van der Waals surface area contributed by atoms with Gasteiger partial charge in [0.25, 0.3) is 11.7 Å². The lowest BCUT2D eigenvalue weighted by Gasteiger charge is -2.25. The zero-order valence-corrected chi connectivity index (χ0v) is 19.7. The average Bonchev–Trinajstić information content (AvgIpc) is 3.13. The summed E-state index contributed by atoms with van der Waals surface area (Å²) in [5.74, 6) is -1.10. The summed E-state index contributed by atoms with van der Waals surface area (Å²) in [6, 6.07) is 16.3. The quantitative estimate of drug-likeness (QED) is 0.275. The Morgan fingerprint density at radius 2 is 1.71 bits per heavy atom. The number of Topliss-reactive ketones (excluding diaryl/α,β-unsaturated/α-hetero) is 1. The number of aliphatic hydroxyl groups excluding tert-OH is 1. The van der Waals surface area contributed by atoms with Crippen molar-refractivity contribution in [1.82, 2.24) is 0 Å². The Labute approximate surface area is 203 Å². The predicted molar refractivity (Wildman–Crippen MR) is 131 cm³/mol. The van der Waals surface area contributed by atoms with E-state index in [-0.39, 0.29) is 11.3 Å². The van der Waals surface area contributed by atoms with Crippen LogP contribution in [0.25, 0.3) is 5.76 Å². The molecule has 1 aliphatic rings. The highest BCUT2D eigenvalue weighted by Crippen LogP contribution is 2.42. The van der Waals surface area contributed by atoms with Crippen molar-refractivity contribution < 1.29 is 28.6 Å². The number of rotatable bonds is 7. The van der Waals surface area contributed by atoms with Crippen molar-refractivity contribution in [2.75, 3.05) is 18.6 Å². The number of halogens is 1. The summed E-state index contributed by atoms with van der Waals surface area (Å²) in [6.07, 6.45) is 0.855. The molecule has 1 heterocycles. The minimum Gasteiger partial charge on any atom is -0.507 e. The number of methoxy groups -OCH3 is 1.